The number of aromatic hydroxyl groups is 1. The lowest BCUT2D eigenvalue weighted by molar-refractivity contribution is 0.102. The van der Waals surface area contributed by atoms with Crippen LogP contribution in [-0.2, 0) is 4.74 Å². The van der Waals surface area contributed by atoms with E-state index in [9.17, 15) is 9.90 Å². The number of carbonyl (C=O) groups excluding carboxylic acids is 1. The number of nitrogens with one attached hydrogen (secondary N) is 1. The number of nitrogens with zero attached hydrogens (tertiary/aromatic N) is 2. The van der Waals surface area contributed by atoms with E-state index in [1.54, 1.807) is 12.1 Å². The summed E-state index contributed by atoms with van der Waals surface area (Å²) >= 11 is 6.59. The largest absolute Gasteiger partial charge is 0.494 e. The fraction of sp³-hybridized carbons (Fsp3) is 0.280. The van der Waals surface area contributed by atoms with E-state index in [4.69, 9.17) is 20.9 Å². The molecule has 0 bridgehead atoms. The summed E-state index contributed by atoms with van der Waals surface area (Å²) in [5.41, 5.74) is 3.79. The molecule has 2 aromatic heterocycles. The molecule has 4 aromatic rings. The molecular formula is C25H22ClN3O4. The van der Waals surface area contributed by atoms with Gasteiger partial charge in [0.15, 0.2) is 5.69 Å². The van der Waals surface area contributed by atoms with Crippen molar-refractivity contribution in [2.45, 2.75) is 18.8 Å². The summed E-state index contributed by atoms with van der Waals surface area (Å²) in [5, 5.41) is 15.6. The quantitative estimate of drug-likeness (QED) is 0.399. The molecular weight excluding hydrogens is 442 g/mol. The molecule has 7 nitrogen and oxygen atoms in total. The second-order valence-corrected chi connectivity index (χ2v) is 9.00. The third-order valence-corrected chi connectivity index (χ3v) is 6.70. The van der Waals surface area contributed by atoms with E-state index >= 15 is 0 Å². The van der Waals surface area contributed by atoms with Crippen LogP contribution >= 0.6 is 11.6 Å². The van der Waals surface area contributed by atoms with E-state index in [0.717, 1.165) is 61.7 Å². The fourth-order valence-corrected chi connectivity index (χ4v) is 4.68. The molecule has 3 heterocycles. The first-order valence-corrected chi connectivity index (χ1v) is 11.4. The molecule has 1 aliphatic heterocycles. The SMILES string of the molecule is O=C(c1cc(C2CC2)on1)c1c(O)[nH]c2cc(Cl)c(-c3ccc(N4CCOCC4)cc3)cc12. The second kappa shape index (κ2) is 7.93. The summed E-state index contributed by atoms with van der Waals surface area (Å²) in [5.74, 6) is 0.482. The Morgan fingerprint density at radius 3 is 2.61 bits per heavy atom. The van der Waals surface area contributed by atoms with Gasteiger partial charge in [-0.15, -0.1) is 0 Å². The molecule has 0 amide bonds. The van der Waals surface area contributed by atoms with Crippen LogP contribution in [0.3, 0.4) is 0 Å². The maximum atomic E-state index is 13.2. The van der Waals surface area contributed by atoms with E-state index in [1.165, 1.54) is 0 Å². The number of halogens is 1. The second-order valence-electron chi connectivity index (χ2n) is 8.59. The summed E-state index contributed by atoms with van der Waals surface area (Å²) in [4.78, 5) is 18.3. The predicted molar refractivity (Wildman–Crippen MR) is 125 cm³/mol. The van der Waals surface area contributed by atoms with Crippen LogP contribution in [-0.4, -0.2) is 47.3 Å². The number of hydrogen-bond acceptors (Lipinski definition) is 6. The van der Waals surface area contributed by atoms with Gasteiger partial charge in [0, 0.05) is 41.7 Å². The van der Waals surface area contributed by atoms with Crippen molar-refractivity contribution in [3.63, 3.8) is 0 Å². The summed E-state index contributed by atoms with van der Waals surface area (Å²) in [6.07, 6.45) is 2.10. The predicted octanol–water partition coefficient (Wildman–Crippen LogP) is 5.13. The highest BCUT2D eigenvalue weighted by molar-refractivity contribution is 6.34. The maximum Gasteiger partial charge on any atom is 0.220 e. The maximum absolute atomic E-state index is 13.2. The topological polar surface area (TPSA) is 91.6 Å². The van der Waals surface area contributed by atoms with Crippen LogP contribution in [0.1, 0.15) is 40.6 Å². The van der Waals surface area contributed by atoms with E-state index < -0.39 is 0 Å². The molecule has 0 unspecified atom stereocenters. The van der Waals surface area contributed by atoms with Gasteiger partial charge in [-0.1, -0.05) is 28.9 Å². The molecule has 168 valence electrons. The first-order chi connectivity index (χ1) is 16.1. The highest BCUT2D eigenvalue weighted by Crippen LogP contribution is 2.41. The molecule has 2 aliphatic rings. The lowest BCUT2D eigenvalue weighted by Crippen LogP contribution is -2.36. The van der Waals surface area contributed by atoms with Gasteiger partial charge in [0.05, 0.1) is 29.3 Å². The van der Waals surface area contributed by atoms with Gasteiger partial charge < -0.3 is 24.3 Å². The Morgan fingerprint density at radius 2 is 1.88 bits per heavy atom. The van der Waals surface area contributed by atoms with Crippen molar-refractivity contribution in [3.05, 3.63) is 64.5 Å². The number of hydrogen-bond donors (Lipinski definition) is 2. The number of aromatic nitrogens is 2. The number of aromatic amines is 1. The van der Waals surface area contributed by atoms with Gasteiger partial charge in [0.1, 0.15) is 5.76 Å². The highest BCUT2D eigenvalue weighted by atomic mass is 35.5. The summed E-state index contributed by atoms with van der Waals surface area (Å²) in [7, 11) is 0. The number of anilines is 1. The van der Waals surface area contributed by atoms with Gasteiger partial charge in [-0.25, -0.2) is 0 Å². The van der Waals surface area contributed by atoms with E-state index in [2.05, 4.69) is 27.2 Å². The average Bonchev–Trinajstić information content (AvgIpc) is 3.48. The number of H-pyrrole nitrogens is 1. The first kappa shape index (κ1) is 20.3. The highest BCUT2D eigenvalue weighted by Gasteiger charge is 2.30. The monoisotopic (exact) mass is 463 g/mol. The van der Waals surface area contributed by atoms with Gasteiger partial charge in [0.2, 0.25) is 11.7 Å². The van der Waals surface area contributed by atoms with Crippen LogP contribution in [0, 0.1) is 0 Å². The first-order valence-electron chi connectivity index (χ1n) is 11.1. The fourth-order valence-electron chi connectivity index (χ4n) is 4.41. The normalized spacial score (nSPS) is 16.5. The molecule has 33 heavy (non-hydrogen) atoms. The average molecular weight is 464 g/mol. The van der Waals surface area contributed by atoms with Gasteiger partial charge in [0.25, 0.3) is 0 Å². The molecule has 1 aliphatic carbocycles. The molecule has 2 N–H and O–H groups in total. The number of ether oxygens (including phenoxy) is 1. The minimum Gasteiger partial charge on any atom is -0.494 e. The number of morpholine rings is 1. The van der Waals surface area contributed by atoms with E-state index in [0.29, 0.717) is 21.8 Å². The number of carbonyl (C=O) groups is 1. The third-order valence-electron chi connectivity index (χ3n) is 6.39. The van der Waals surface area contributed by atoms with Crippen molar-refractivity contribution < 1.29 is 19.2 Å². The van der Waals surface area contributed by atoms with E-state index in [1.807, 2.05) is 18.2 Å². The van der Waals surface area contributed by atoms with Crippen molar-refractivity contribution >= 4 is 34.0 Å². The third kappa shape index (κ3) is 3.67. The van der Waals surface area contributed by atoms with Crippen LogP contribution in [0.25, 0.3) is 22.0 Å². The number of rotatable bonds is 5. The molecule has 2 aromatic carbocycles. The standard InChI is InChI=1S/C25H22ClN3O4/c26-19-12-20-18(11-17(19)14-3-5-16(6-4-14)29-7-9-32-10-8-29)23(25(31)27-20)24(30)21-13-22(33-28-21)15-1-2-15/h3-6,11-13,15,27,31H,1-2,7-10H2. The van der Waals surface area contributed by atoms with Crippen molar-refractivity contribution in [2.24, 2.45) is 0 Å². The van der Waals surface area contributed by atoms with Crippen molar-refractivity contribution in [3.8, 4) is 17.0 Å². The zero-order valence-electron chi connectivity index (χ0n) is 17.8. The molecule has 0 spiro atoms. The summed E-state index contributed by atoms with van der Waals surface area (Å²) < 4.78 is 10.8. The van der Waals surface area contributed by atoms with Crippen LogP contribution in [0.4, 0.5) is 5.69 Å². The number of fused-ring (bicyclic) bond motifs is 1. The van der Waals surface area contributed by atoms with Gasteiger partial charge in [-0.05, 0) is 42.7 Å². The van der Waals surface area contributed by atoms with Gasteiger partial charge >= 0.3 is 0 Å². The Morgan fingerprint density at radius 1 is 1.12 bits per heavy atom. The molecule has 0 atom stereocenters. The van der Waals surface area contributed by atoms with Crippen molar-refractivity contribution in [1.82, 2.24) is 10.1 Å². The summed E-state index contributed by atoms with van der Waals surface area (Å²) in [6.45, 7) is 3.19. The Balaban J connectivity index is 1.37. The number of benzene rings is 2. The Hall–Kier alpha value is -3.29. The zero-order valence-corrected chi connectivity index (χ0v) is 18.6. The van der Waals surface area contributed by atoms with Crippen LogP contribution in [0.2, 0.25) is 5.02 Å². The Kier molecular flexibility index (Phi) is 4.89. The van der Waals surface area contributed by atoms with E-state index in [-0.39, 0.29) is 22.9 Å². The van der Waals surface area contributed by atoms with Gasteiger partial charge in [-0.3, -0.25) is 4.79 Å². The molecule has 6 rings (SSSR count). The lowest BCUT2D eigenvalue weighted by atomic mass is 10.00. The summed E-state index contributed by atoms with van der Waals surface area (Å²) in [6, 6.07) is 13.4. The van der Waals surface area contributed by atoms with Crippen LogP contribution < -0.4 is 4.90 Å². The zero-order chi connectivity index (χ0) is 22.5. The number of ketones is 1. The smallest absolute Gasteiger partial charge is 0.220 e. The molecule has 0 radical (unpaired) electrons. The van der Waals surface area contributed by atoms with Crippen molar-refractivity contribution in [1.29, 1.82) is 0 Å². The van der Waals surface area contributed by atoms with Gasteiger partial charge in [-0.2, -0.15) is 0 Å². The lowest BCUT2D eigenvalue weighted by Gasteiger charge is -2.29. The Bertz CT molecular complexity index is 1350. The van der Waals surface area contributed by atoms with Crippen molar-refractivity contribution in [2.75, 3.05) is 31.2 Å². The molecule has 1 saturated carbocycles. The van der Waals surface area contributed by atoms with Crippen LogP contribution in [0.5, 0.6) is 5.88 Å². The minimum absolute atomic E-state index is 0.170. The molecule has 2 fully saturated rings. The molecule has 8 heteroatoms. The minimum atomic E-state index is -0.384. The Labute approximate surface area is 194 Å². The molecule has 1 saturated heterocycles. The van der Waals surface area contributed by atoms with Crippen LogP contribution in [0.15, 0.2) is 47.0 Å².